The lowest BCUT2D eigenvalue weighted by Gasteiger charge is -2.18. The van der Waals surface area contributed by atoms with Crippen LogP contribution in [0.2, 0.25) is 0 Å². The first-order valence-electron chi connectivity index (χ1n) is 5.25. The highest BCUT2D eigenvalue weighted by atomic mass is 14.1. The summed E-state index contributed by atoms with van der Waals surface area (Å²) in [6.45, 7) is 13.2. The minimum atomic E-state index is 0.522. The Labute approximate surface area is 78.8 Å². The van der Waals surface area contributed by atoms with Crippen LogP contribution in [0.5, 0.6) is 0 Å². The summed E-state index contributed by atoms with van der Waals surface area (Å²) < 4.78 is 0. The lowest BCUT2D eigenvalue weighted by molar-refractivity contribution is 0.349. The molecule has 1 atom stereocenters. The molecular weight excluding hydrogens is 144 g/mol. The third-order valence-corrected chi connectivity index (χ3v) is 2.37. The molecule has 0 aromatic carbocycles. The minimum Gasteiger partial charge on any atom is -0.0625 e. The summed E-state index contributed by atoms with van der Waals surface area (Å²) in [5, 5.41) is 0. The molecular formula is C12H25. The molecule has 0 nitrogen and oxygen atoms in total. The van der Waals surface area contributed by atoms with Crippen LogP contribution in [0, 0.1) is 18.3 Å². The third kappa shape index (κ3) is 8.10. The fourth-order valence-electron chi connectivity index (χ4n) is 1.29. The molecule has 73 valence electrons. The van der Waals surface area contributed by atoms with Crippen molar-refractivity contribution < 1.29 is 0 Å². The van der Waals surface area contributed by atoms with Gasteiger partial charge in [-0.1, -0.05) is 60.3 Å². The van der Waals surface area contributed by atoms with Crippen LogP contribution in [-0.4, -0.2) is 0 Å². The molecule has 0 fully saturated rings. The second kappa shape index (κ2) is 5.61. The van der Waals surface area contributed by atoms with Gasteiger partial charge in [0, 0.05) is 0 Å². The summed E-state index contributed by atoms with van der Waals surface area (Å²) in [6, 6.07) is 0. The van der Waals surface area contributed by atoms with Crippen LogP contribution in [0.15, 0.2) is 0 Å². The number of hydrogen-bond donors (Lipinski definition) is 0. The Morgan fingerprint density at radius 2 is 1.75 bits per heavy atom. The van der Waals surface area contributed by atoms with Crippen molar-refractivity contribution in [3.63, 3.8) is 0 Å². The highest BCUT2D eigenvalue weighted by molar-refractivity contribution is 4.62. The zero-order chi connectivity index (χ0) is 9.61. The van der Waals surface area contributed by atoms with Crippen molar-refractivity contribution in [2.75, 3.05) is 0 Å². The van der Waals surface area contributed by atoms with Gasteiger partial charge in [-0.05, 0) is 17.8 Å². The van der Waals surface area contributed by atoms with Gasteiger partial charge in [0.1, 0.15) is 0 Å². The molecule has 0 aliphatic rings. The van der Waals surface area contributed by atoms with E-state index in [9.17, 15) is 0 Å². The van der Waals surface area contributed by atoms with Gasteiger partial charge in [0.25, 0.3) is 0 Å². The van der Waals surface area contributed by atoms with Gasteiger partial charge in [0.15, 0.2) is 0 Å². The van der Waals surface area contributed by atoms with Crippen LogP contribution in [0.1, 0.15) is 59.8 Å². The Bertz CT molecular complexity index is 97.1. The largest absolute Gasteiger partial charge is 0.0625 e. The summed E-state index contributed by atoms with van der Waals surface area (Å²) in [4.78, 5) is 0. The van der Waals surface area contributed by atoms with Gasteiger partial charge in [0.05, 0.1) is 0 Å². The smallest absolute Gasteiger partial charge is 0.0383 e. The Morgan fingerprint density at radius 1 is 1.17 bits per heavy atom. The van der Waals surface area contributed by atoms with Crippen LogP contribution in [0.25, 0.3) is 0 Å². The molecule has 1 unspecified atom stereocenters. The molecule has 0 aliphatic carbocycles. The monoisotopic (exact) mass is 169 g/mol. The zero-order valence-electron chi connectivity index (χ0n) is 9.32. The highest BCUT2D eigenvalue weighted by Gasteiger charge is 2.09. The molecule has 0 aromatic rings. The van der Waals surface area contributed by atoms with Gasteiger partial charge in [-0.15, -0.1) is 0 Å². The molecule has 0 heterocycles. The lowest BCUT2D eigenvalue weighted by Crippen LogP contribution is -2.04. The topological polar surface area (TPSA) is 0 Å². The fraction of sp³-hybridized carbons (Fsp3) is 0.917. The van der Waals surface area contributed by atoms with Crippen molar-refractivity contribution in [2.24, 2.45) is 11.3 Å². The van der Waals surface area contributed by atoms with Crippen LogP contribution >= 0.6 is 0 Å². The first kappa shape index (κ1) is 12.0. The SMILES string of the molecule is [CH2]CC(C)CCCCC(C)(C)C. The van der Waals surface area contributed by atoms with E-state index in [1.165, 1.54) is 25.7 Å². The molecule has 0 rings (SSSR count). The van der Waals surface area contributed by atoms with Crippen molar-refractivity contribution in [1.82, 2.24) is 0 Å². The van der Waals surface area contributed by atoms with Gasteiger partial charge < -0.3 is 0 Å². The predicted molar refractivity (Wildman–Crippen MR) is 57.1 cm³/mol. The first-order chi connectivity index (χ1) is 5.45. The Kier molecular flexibility index (Phi) is 5.61. The lowest BCUT2D eigenvalue weighted by atomic mass is 9.88. The summed E-state index contributed by atoms with van der Waals surface area (Å²) in [6.07, 6.45) is 6.58. The van der Waals surface area contributed by atoms with Crippen molar-refractivity contribution >= 4 is 0 Å². The molecule has 0 aliphatic heterocycles. The fourth-order valence-corrected chi connectivity index (χ4v) is 1.29. The second-order valence-corrected chi connectivity index (χ2v) is 5.20. The first-order valence-corrected chi connectivity index (χ1v) is 5.25. The molecule has 0 saturated heterocycles. The van der Waals surface area contributed by atoms with Gasteiger partial charge in [-0.2, -0.15) is 0 Å². The average Bonchev–Trinajstić information content (AvgIpc) is 1.96. The Morgan fingerprint density at radius 3 is 2.17 bits per heavy atom. The quantitative estimate of drug-likeness (QED) is 0.533. The molecule has 0 bridgehead atoms. The molecule has 0 saturated carbocycles. The maximum atomic E-state index is 3.91. The number of unbranched alkanes of at least 4 members (excludes halogenated alkanes) is 1. The third-order valence-electron chi connectivity index (χ3n) is 2.37. The Hall–Kier alpha value is 0. The van der Waals surface area contributed by atoms with Crippen LogP contribution < -0.4 is 0 Å². The maximum Gasteiger partial charge on any atom is -0.0383 e. The summed E-state index contributed by atoms with van der Waals surface area (Å²) in [7, 11) is 0. The molecule has 12 heavy (non-hydrogen) atoms. The van der Waals surface area contributed by atoms with Gasteiger partial charge in [-0.3, -0.25) is 0 Å². The van der Waals surface area contributed by atoms with Crippen molar-refractivity contribution in [1.29, 1.82) is 0 Å². The van der Waals surface area contributed by atoms with Gasteiger partial charge in [-0.25, -0.2) is 0 Å². The Balaban J connectivity index is 3.22. The van der Waals surface area contributed by atoms with E-state index in [0.717, 1.165) is 12.3 Å². The highest BCUT2D eigenvalue weighted by Crippen LogP contribution is 2.23. The molecule has 0 heteroatoms. The van der Waals surface area contributed by atoms with Crippen LogP contribution in [-0.2, 0) is 0 Å². The van der Waals surface area contributed by atoms with Crippen molar-refractivity contribution in [3.05, 3.63) is 6.92 Å². The molecule has 1 radical (unpaired) electrons. The van der Waals surface area contributed by atoms with E-state index in [1.807, 2.05) is 0 Å². The summed E-state index contributed by atoms with van der Waals surface area (Å²) >= 11 is 0. The van der Waals surface area contributed by atoms with Crippen molar-refractivity contribution in [2.45, 2.75) is 59.8 Å². The zero-order valence-corrected chi connectivity index (χ0v) is 9.32. The van der Waals surface area contributed by atoms with E-state index in [2.05, 4.69) is 34.6 Å². The molecule has 0 aromatic heterocycles. The second-order valence-electron chi connectivity index (χ2n) is 5.20. The van der Waals surface area contributed by atoms with Crippen LogP contribution in [0.4, 0.5) is 0 Å². The number of hydrogen-bond acceptors (Lipinski definition) is 0. The van der Waals surface area contributed by atoms with E-state index >= 15 is 0 Å². The normalized spacial score (nSPS) is 14.8. The van der Waals surface area contributed by atoms with Crippen LogP contribution in [0.3, 0.4) is 0 Å². The molecule has 0 N–H and O–H groups in total. The van der Waals surface area contributed by atoms with E-state index < -0.39 is 0 Å². The van der Waals surface area contributed by atoms with Gasteiger partial charge in [0.2, 0.25) is 0 Å². The van der Waals surface area contributed by atoms with E-state index in [4.69, 9.17) is 0 Å². The average molecular weight is 169 g/mol. The predicted octanol–water partition coefficient (Wildman–Crippen LogP) is 4.45. The van der Waals surface area contributed by atoms with E-state index in [1.54, 1.807) is 0 Å². The summed E-state index contributed by atoms with van der Waals surface area (Å²) in [5.74, 6) is 0.824. The molecule has 0 amide bonds. The standard InChI is InChI=1S/C12H25/c1-6-11(2)9-7-8-10-12(3,4)5/h11H,1,6-10H2,2-5H3. The van der Waals surface area contributed by atoms with Crippen molar-refractivity contribution in [3.8, 4) is 0 Å². The van der Waals surface area contributed by atoms with E-state index in [-0.39, 0.29) is 0 Å². The molecule has 0 spiro atoms. The van der Waals surface area contributed by atoms with Gasteiger partial charge >= 0.3 is 0 Å². The summed E-state index contributed by atoms with van der Waals surface area (Å²) in [5.41, 5.74) is 0.522. The maximum absolute atomic E-state index is 3.91. The van der Waals surface area contributed by atoms with E-state index in [0.29, 0.717) is 5.41 Å². The minimum absolute atomic E-state index is 0.522. The number of rotatable bonds is 5.